The Morgan fingerprint density at radius 3 is 2.26 bits per heavy atom. The molecule has 1 aliphatic heterocycles. The fourth-order valence-electron chi connectivity index (χ4n) is 3.20. The molecule has 3 rings (SSSR count). The molecule has 0 spiro atoms. The van der Waals surface area contributed by atoms with E-state index in [0.717, 1.165) is 5.56 Å². The number of amides is 1. The van der Waals surface area contributed by atoms with E-state index in [1.807, 2.05) is 19.1 Å². The average Bonchev–Trinajstić information content (AvgIpc) is 2.70. The highest BCUT2D eigenvalue weighted by atomic mass is 16.4. The van der Waals surface area contributed by atoms with Crippen LogP contribution in [-0.4, -0.2) is 28.7 Å². The van der Waals surface area contributed by atoms with Gasteiger partial charge < -0.3 is 5.11 Å². The summed E-state index contributed by atoms with van der Waals surface area (Å²) < 4.78 is 0. The van der Waals surface area contributed by atoms with Crippen LogP contribution in [0.25, 0.3) is 0 Å². The van der Waals surface area contributed by atoms with Crippen LogP contribution in [0.1, 0.15) is 18.9 Å². The first-order chi connectivity index (χ1) is 12.8. The highest BCUT2D eigenvalue weighted by Crippen LogP contribution is 2.40. The van der Waals surface area contributed by atoms with Crippen LogP contribution in [0.15, 0.2) is 48.5 Å². The second-order valence-corrected chi connectivity index (χ2v) is 6.45. The standard InChI is InChI=1S/C20H20N4O3/c1-12-7-9-14(10-8-12)24-17-6-4-3-5-16(17)23(13(2)21)19(22)15(20(24)27)11-18(25)26/h3-10,15,21-22H,11H2,1-2H3,(H,25,26). The van der Waals surface area contributed by atoms with E-state index < -0.39 is 24.2 Å². The van der Waals surface area contributed by atoms with Gasteiger partial charge in [-0.1, -0.05) is 29.8 Å². The molecule has 2 aromatic carbocycles. The molecule has 1 amide bonds. The largest absolute Gasteiger partial charge is 0.481 e. The van der Waals surface area contributed by atoms with E-state index in [9.17, 15) is 14.7 Å². The lowest BCUT2D eigenvalue weighted by atomic mass is 10.0. The third kappa shape index (κ3) is 3.31. The molecule has 0 bridgehead atoms. The normalized spacial score (nSPS) is 16.7. The fraction of sp³-hybridized carbons (Fsp3) is 0.200. The van der Waals surface area contributed by atoms with Crippen LogP contribution in [0.5, 0.6) is 0 Å². The summed E-state index contributed by atoms with van der Waals surface area (Å²) in [5, 5.41) is 25.9. The molecule has 0 saturated carbocycles. The predicted octanol–water partition coefficient (Wildman–Crippen LogP) is 3.55. The minimum atomic E-state index is -1.20. The number of carboxylic acid groups (broad SMARTS) is 1. The maximum Gasteiger partial charge on any atom is 0.304 e. The predicted molar refractivity (Wildman–Crippen MR) is 104 cm³/mol. The van der Waals surface area contributed by atoms with Crippen molar-refractivity contribution in [2.45, 2.75) is 20.3 Å². The quantitative estimate of drug-likeness (QED) is 0.571. The molecule has 0 aromatic heterocycles. The van der Waals surface area contributed by atoms with E-state index in [0.29, 0.717) is 17.1 Å². The monoisotopic (exact) mass is 364 g/mol. The van der Waals surface area contributed by atoms with Gasteiger partial charge in [-0.05, 0) is 38.1 Å². The summed E-state index contributed by atoms with van der Waals surface area (Å²) in [6.45, 7) is 3.44. The number of rotatable bonds is 3. The summed E-state index contributed by atoms with van der Waals surface area (Å²) in [6, 6.07) is 14.3. The van der Waals surface area contributed by atoms with Crippen LogP contribution >= 0.6 is 0 Å². The molecule has 1 aliphatic rings. The van der Waals surface area contributed by atoms with Crippen LogP contribution in [0.4, 0.5) is 17.1 Å². The van der Waals surface area contributed by atoms with Gasteiger partial charge in [0, 0.05) is 5.69 Å². The number of carboxylic acids is 1. The minimum absolute atomic E-state index is 0.0430. The summed E-state index contributed by atoms with van der Waals surface area (Å²) in [6.07, 6.45) is -0.516. The highest BCUT2D eigenvalue weighted by molar-refractivity contribution is 6.29. The van der Waals surface area contributed by atoms with Crippen molar-refractivity contribution >= 4 is 40.6 Å². The van der Waals surface area contributed by atoms with Gasteiger partial charge in [-0.25, -0.2) is 0 Å². The van der Waals surface area contributed by atoms with Gasteiger partial charge in [0.15, 0.2) is 0 Å². The summed E-state index contributed by atoms with van der Waals surface area (Å²) in [7, 11) is 0. The summed E-state index contributed by atoms with van der Waals surface area (Å²) >= 11 is 0. The molecule has 1 unspecified atom stereocenters. The Kier molecular flexibility index (Phi) is 4.77. The maximum atomic E-state index is 13.3. The molecular formula is C20H20N4O3. The molecule has 3 N–H and O–H groups in total. The second kappa shape index (κ2) is 7.03. The molecule has 1 heterocycles. The lowest BCUT2D eigenvalue weighted by Crippen LogP contribution is -2.43. The van der Waals surface area contributed by atoms with Crippen molar-refractivity contribution in [3.05, 3.63) is 54.1 Å². The fourth-order valence-corrected chi connectivity index (χ4v) is 3.20. The van der Waals surface area contributed by atoms with Gasteiger partial charge in [-0.15, -0.1) is 0 Å². The van der Waals surface area contributed by atoms with Crippen molar-refractivity contribution in [2.24, 2.45) is 5.92 Å². The van der Waals surface area contributed by atoms with Gasteiger partial charge in [0.05, 0.1) is 17.8 Å². The third-order valence-corrected chi connectivity index (χ3v) is 4.46. The molecule has 7 heteroatoms. The zero-order chi connectivity index (χ0) is 19.7. The maximum absolute atomic E-state index is 13.3. The Bertz CT molecular complexity index is 936. The van der Waals surface area contributed by atoms with Gasteiger partial charge in [0.2, 0.25) is 5.91 Å². The molecule has 27 heavy (non-hydrogen) atoms. The van der Waals surface area contributed by atoms with E-state index in [4.69, 9.17) is 10.8 Å². The number of aliphatic carboxylic acids is 1. The van der Waals surface area contributed by atoms with Crippen LogP contribution in [0, 0.1) is 23.7 Å². The Labute approximate surface area is 156 Å². The first kappa shape index (κ1) is 18.3. The van der Waals surface area contributed by atoms with E-state index in [-0.39, 0.29) is 11.7 Å². The van der Waals surface area contributed by atoms with Crippen molar-refractivity contribution in [1.82, 2.24) is 0 Å². The van der Waals surface area contributed by atoms with Crippen LogP contribution in [0.2, 0.25) is 0 Å². The number of para-hydroxylation sites is 2. The van der Waals surface area contributed by atoms with E-state index in [1.165, 1.54) is 16.7 Å². The second-order valence-electron chi connectivity index (χ2n) is 6.45. The van der Waals surface area contributed by atoms with Crippen molar-refractivity contribution in [1.29, 1.82) is 10.8 Å². The number of hydrogen-bond acceptors (Lipinski definition) is 4. The number of anilines is 3. The zero-order valence-corrected chi connectivity index (χ0v) is 15.1. The Morgan fingerprint density at radius 2 is 1.70 bits per heavy atom. The van der Waals surface area contributed by atoms with Gasteiger partial charge in [0.1, 0.15) is 17.6 Å². The van der Waals surface area contributed by atoms with E-state index >= 15 is 0 Å². The number of amidine groups is 2. The number of hydrogen-bond donors (Lipinski definition) is 3. The van der Waals surface area contributed by atoms with Crippen molar-refractivity contribution in [3.63, 3.8) is 0 Å². The smallest absolute Gasteiger partial charge is 0.304 e. The van der Waals surface area contributed by atoms with Gasteiger partial charge in [-0.3, -0.25) is 30.2 Å². The molecule has 0 aliphatic carbocycles. The van der Waals surface area contributed by atoms with Gasteiger partial charge >= 0.3 is 5.97 Å². The summed E-state index contributed by atoms with van der Waals surface area (Å²) in [5.41, 5.74) is 2.62. The number of carbonyl (C=O) groups excluding carboxylic acids is 1. The Hall–Kier alpha value is -3.48. The topological polar surface area (TPSA) is 109 Å². The van der Waals surface area contributed by atoms with E-state index in [2.05, 4.69) is 0 Å². The van der Waals surface area contributed by atoms with Crippen molar-refractivity contribution in [2.75, 3.05) is 9.80 Å². The summed E-state index contributed by atoms with van der Waals surface area (Å²) in [4.78, 5) is 27.5. The van der Waals surface area contributed by atoms with Crippen LogP contribution < -0.4 is 9.80 Å². The Morgan fingerprint density at radius 1 is 1.11 bits per heavy atom. The van der Waals surface area contributed by atoms with Crippen LogP contribution in [0.3, 0.4) is 0 Å². The third-order valence-electron chi connectivity index (χ3n) is 4.46. The Balaban J connectivity index is 2.26. The highest BCUT2D eigenvalue weighted by Gasteiger charge is 2.40. The number of aryl methyl sites for hydroxylation is 1. The molecule has 0 radical (unpaired) electrons. The number of benzene rings is 2. The van der Waals surface area contributed by atoms with Gasteiger partial charge in [0.25, 0.3) is 0 Å². The first-order valence-corrected chi connectivity index (χ1v) is 8.46. The lowest BCUT2D eigenvalue weighted by molar-refractivity contribution is -0.139. The van der Waals surface area contributed by atoms with Crippen molar-refractivity contribution in [3.8, 4) is 0 Å². The molecule has 138 valence electrons. The minimum Gasteiger partial charge on any atom is -0.481 e. The SMILES string of the molecule is CC(=N)N1C(=N)C(CC(=O)O)C(=O)N(c2ccc(C)cc2)c2ccccc21. The van der Waals surface area contributed by atoms with Crippen LogP contribution in [-0.2, 0) is 9.59 Å². The average molecular weight is 364 g/mol. The lowest BCUT2D eigenvalue weighted by Gasteiger charge is -2.25. The van der Waals surface area contributed by atoms with E-state index in [1.54, 1.807) is 36.4 Å². The number of fused-ring (bicyclic) bond motifs is 1. The molecule has 1 atom stereocenters. The molecular weight excluding hydrogens is 344 g/mol. The van der Waals surface area contributed by atoms with Crippen molar-refractivity contribution < 1.29 is 14.7 Å². The molecule has 2 aromatic rings. The number of carbonyl (C=O) groups is 2. The molecule has 0 fully saturated rings. The number of nitrogens with one attached hydrogen (secondary N) is 2. The van der Waals surface area contributed by atoms with Gasteiger partial charge in [-0.2, -0.15) is 0 Å². The molecule has 0 saturated heterocycles. The number of nitrogens with zero attached hydrogens (tertiary/aromatic N) is 2. The first-order valence-electron chi connectivity index (χ1n) is 8.46. The summed E-state index contributed by atoms with van der Waals surface area (Å²) in [5.74, 6) is -3.03. The molecule has 7 nitrogen and oxygen atoms in total. The zero-order valence-electron chi connectivity index (χ0n) is 15.1.